The van der Waals surface area contributed by atoms with Crippen molar-refractivity contribution in [1.82, 2.24) is 19.9 Å². The third-order valence-electron chi connectivity index (χ3n) is 3.93. The van der Waals surface area contributed by atoms with Crippen LogP contribution in [-0.4, -0.2) is 79.4 Å². The van der Waals surface area contributed by atoms with Crippen molar-refractivity contribution < 1.29 is 4.74 Å². The lowest BCUT2D eigenvalue weighted by atomic mass is 10.4. The van der Waals surface area contributed by atoms with Gasteiger partial charge in [0.15, 0.2) is 0 Å². The second kappa shape index (κ2) is 6.40. The largest absolute Gasteiger partial charge is 0.378 e. The Morgan fingerprint density at radius 1 is 0.857 bits per heavy atom. The van der Waals surface area contributed by atoms with Crippen LogP contribution in [0.1, 0.15) is 6.42 Å². The Morgan fingerprint density at radius 2 is 1.52 bits per heavy atom. The van der Waals surface area contributed by atoms with E-state index < -0.39 is 0 Å². The average molecular weight is 293 g/mol. The van der Waals surface area contributed by atoms with Gasteiger partial charge >= 0.3 is 0 Å². The molecule has 8 nitrogen and oxygen atoms in total. The van der Waals surface area contributed by atoms with Crippen LogP contribution in [0.25, 0.3) is 0 Å². The molecule has 1 aromatic rings. The van der Waals surface area contributed by atoms with Crippen LogP contribution in [0, 0.1) is 0 Å². The zero-order valence-corrected chi connectivity index (χ0v) is 12.5. The van der Waals surface area contributed by atoms with Gasteiger partial charge in [-0.05, 0) is 20.0 Å². The van der Waals surface area contributed by atoms with Crippen molar-refractivity contribution in [1.29, 1.82) is 0 Å². The van der Waals surface area contributed by atoms with E-state index in [0.717, 1.165) is 45.7 Å². The first-order chi connectivity index (χ1) is 10.2. The van der Waals surface area contributed by atoms with Gasteiger partial charge in [0.25, 0.3) is 0 Å². The fourth-order valence-electron chi connectivity index (χ4n) is 2.66. The summed E-state index contributed by atoms with van der Waals surface area (Å²) < 4.78 is 5.37. The average Bonchev–Trinajstić information content (AvgIpc) is 2.72. The molecule has 1 aromatic heterocycles. The van der Waals surface area contributed by atoms with Gasteiger partial charge in [0.1, 0.15) is 0 Å². The summed E-state index contributed by atoms with van der Waals surface area (Å²) in [5, 5.41) is 0. The maximum atomic E-state index is 5.88. The Hall–Kier alpha value is -1.67. The molecule has 2 saturated heterocycles. The van der Waals surface area contributed by atoms with E-state index in [0.29, 0.717) is 31.1 Å². The molecule has 0 amide bonds. The molecule has 116 valence electrons. The standard InChI is InChI=1S/C13H23N7O/c1-18-3-2-4-19(6-5-18)12-15-11(14)16-13(17-12)20-7-9-21-10-8-20/h2-10H2,1H3,(H2,14,15,16,17). The minimum absolute atomic E-state index is 0.291. The van der Waals surface area contributed by atoms with Crippen LogP contribution < -0.4 is 15.5 Å². The van der Waals surface area contributed by atoms with Gasteiger partial charge in [0, 0.05) is 32.7 Å². The number of ether oxygens (including phenoxy) is 1. The molecule has 3 heterocycles. The molecule has 0 saturated carbocycles. The molecule has 0 bridgehead atoms. The van der Waals surface area contributed by atoms with Gasteiger partial charge in [0.2, 0.25) is 17.8 Å². The van der Waals surface area contributed by atoms with E-state index >= 15 is 0 Å². The fourth-order valence-corrected chi connectivity index (χ4v) is 2.66. The van der Waals surface area contributed by atoms with E-state index in [1.54, 1.807) is 0 Å². The molecule has 0 spiro atoms. The molecular weight excluding hydrogens is 270 g/mol. The predicted octanol–water partition coefficient (Wildman–Crippen LogP) is -0.568. The number of hydrogen-bond donors (Lipinski definition) is 1. The van der Waals surface area contributed by atoms with Crippen molar-refractivity contribution in [2.45, 2.75) is 6.42 Å². The molecule has 3 rings (SSSR count). The highest BCUT2D eigenvalue weighted by molar-refractivity contribution is 5.43. The van der Waals surface area contributed by atoms with Gasteiger partial charge in [-0.3, -0.25) is 0 Å². The highest BCUT2D eigenvalue weighted by Crippen LogP contribution is 2.17. The van der Waals surface area contributed by atoms with Crippen LogP contribution in [0.4, 0.5) is 17.8 Å². The Labute approximate surface area is 124 Å². The first-order valence-corrected chi connectivity index (χ1v) is 7.50. The minimum atomic E-state index is 0.291. The Morgan fingerprint density at radius 3 is 2.24 bits per heavy atom. The molecule has 0 unspecified atom stereocenters. The van der Waals surface area contributed by atoms with Crippen LogP contribution in [0.2, 0.25) is 0 Å². The maximum Gasteiger partial charge on any atom is 0.232 e. The summed E-state index contributed by atoms with van der Waals surface area (Å²) in [6, 6.07) is 0. The van der Waals surface area contributed by atoms with Crippen molar-refractivity contribution in [2.75, 3.05) is 75.1 Å². The highest BCUT2D eigenvalue weighted by Gasteiger charge is 2.20. The molecule has 0 aliphatic carbocycles. The number of rotatable bonds is 2. The van der Waals surface area contributed by atoms with Crippen molar-refractivity contribution in [3.8, 4) is 0 Å². The summed E-state index contributed by atoms with van der Waals surface area (Å²) in [7, 11) is 2.14. The van der Waals surface area contributed by atoms with Crippen molar-refractivity contribution in [3.63, 3.8) is 0 Å². The van der Waals surface area contributed by atoms with Crippen LogP contribution >= 0.6 is 0 Å². The summed E-state index contributed by atoms with van der Waals surface area (Å²) in [5.41, 5.74) is 5.88. The second-order valence-corrected chi connectivity index (χ2v) is 5.54. The lowest BCUT2D eigenvalue weighted by Gasteiger charge is -2.28. The number of anilines is 3. The summed E-state index contributed by atoms with van der Waals surface area (Å²) in [6.45, 7) is 6.99. The molecule has 2 aliphatic heterocycles. The van der Waals surface area contributed by atoms with Gasteiger partial charge in [-0.25, -0.2) is 0 Å². The van der Waals surface area contributed by atoms with E-state index in [4.69, 9.17) is 10.5 Å². The molecule has 0 radical (unpaired) electrons. The molecule has 2 fully saturated rings. The third-order valence-corrected chi connectivity index (χ3v) is 3.93. The number of nitrogens with two attached hydrogens (primary N) is 1. The van der Waals surface area contributed by atoms with Crippen molar-refractivity contribution in [3.05, 3.63) is 0 Å². The van der Waals surface area contributed by atoms with Gasteiger partial charge in [-0.15, -0.1) is 0 Å². The van der Waals surface area contributed by atoms with Crippen LogP contribution in [0.5, 0.6) is 0 Å². The second-order valence-electron chi connectivity index (χ2n) is 5.54. The highest BCUT2D eigenvalue weighted by atomic mass is 16.5. The zero-order chi connectivity index (χ0) is 14.7. The molecule has 21 heavy (non-hydrogen) atoms. The Bertz CT molecular complexity index is 478. The normalized spacial score (nSPS) is 21.4. The first-order valence-electron chi connectivity index (χ1n) is 7.50. The van der Waals surface area contributed by atoms with Gasteiger partial charge in [0.05, 0.1) is 13.2 Å². The van der Waals surface area contributed by atoms with Gasteiger partial charge in [-0.1, -0.05) is 0 Å². The van der Waals surface area contributed by atoms with E-state index in [1.165, 1.54) is 0 Å². The summed E-state index contributed by atoms with van der Waals surface area (Å²) in [4.78, 5) is 19.9. The number of nitrogens with zero attached hydrogens (tertiary/aromatic N) is 6. The fraction of sp³-hybridized carbons (Fsp3) is 0.769. The Balaban J connectivity index is 1.79. The minimum Gasteiger partial charge on any atom is -0.378 e. The van der Waals surface area contributed by atoms with Gasteiger partial charge < -0.3 is 25.2 Å². The van der Waals surface area contributed by atoms with Crippen LogP contribution in [0.15, 0.2) is 0 Å². The first kappa shape index (κ1) is 14.3. The third kappa shape index (κ3) is 3.51. The SMILES string of the molecule is CN1CCCN(c2nc(N)nc(N3CCOCC3)n2)CC1. The lowest BCUT2D eigenvalue weighted by molar-refractivity contribution is 0.122. The molecule has 8 heteroatoms. The number of hydrogen-bond acceptors (Lipinski definition) is 8. The summed E-state index contributed by atoms with van der Waals surface area (Å²) in [6.07, 6.45) is 1.11. The number of nitrogen functional groups attached to an aromatic ring is 1. The number of morpholine rings is 1. The lowest BCUT2D eigenvalue weighted by Crippen LogP contribution is -2.38. The van der Waals surface area contributed by atoms with Crippen molar-refractivity contribution in [2.24, 2.45) is 0 Å². The predicted molar refractivity (Wildman–Crippen MR) is 81.6 cm³/mol. The van der Waals surface area contributed by atoms with Crippen LogP contribution in [-0.2, 0) is 4.74 Å². The maximum absolute atomic E-state index is 5.88. The van der Waals surface area contributed by atoms with Crippen LogP contribution in [0.3, 0.4) is 0 Å². The summed E-state index contributed by atoms with van der Waals surface area (Å²) in [5.74, 6) is 1.65. The van der Waals surface area contributed by atoms with E-state index in [-0.39, 0.29) is 0 Å². The van der Waals surface area contributed by atoms with E-state index in [1.807, 2.05) is 0 Å². The quantitative estimate of drug-likeness (QED) is 0.776. The number of likely N-dealkylation sites (N-methyl/N-ethyl adjacent to an activating group) is 1. The van der Waals surface area contributed by atoms with E-state index in [2.05, 4.69) is 36.7 Å². The topological polar surface area (TPSA) is 83.6 Å². The van der Waals surface area contributed by atoms with Gasteiger partial charge in [-0.2, -0.15) is 15.0 Å². The molecule has 2 N–H and O–H groups in total. The number of aromatic nitrogens is 3. The smallest absolute Gasteiger partial charge is 0.232 e. The zero-order valence-electron chi connectivity index (χ0n) is 12.5. The Kier molecular flexibility index (Phi) is 4.35. The molecule has 0 aromatic carbocycles. The molecular formula is C13H23N7O. The molecule has 2 aliphatic rings. The summed E-state index contributed by atoms with van der Waals surface area (Å²) >= 11 is 0. The van der Waals surface area contributed by atoms with E-state index in [9.17, 15) is 0 Å². The van der Waals surface area contributed by atoms with Crippen molar-refractivity contribution >= 4 is 17.8 Å². The monoisotopic (exact) mass is 293 g/mol. The molecule has 0 atom stereocenters.